The van der Waals surface area contributed by atoms with Crippen LogP contribution in [0.3, 0.4) is 0 Å². The van der Waals surface area contributed by atoms with Crippen LogP contribution >= 0.6 is 74.8 Å². The van der Waals surface area contributed by atoms with E-state index in [4.69, 9.17) is 0 Å². The van der Waals surface area contributed by atoms with Crippen LogP contribution in [0.4, 0.5) is 0 Å². The molecule has 0 fully saturated rings. The van der Waals surface area contributed by atoms with Gasteiger partial charge in [0, 0.05) is 0 Å². The Bertz CT molecular complexity index is 68.3. The second-order valence-corrected chi connectivity index (χ2v) is 164. The summed E-state index contributed by atoms with van der Waals surface area (Å²) in [6.07, 6.45) is 0. The van der Waals surface area contributed by atoms with Crippen molar-refractivity contribution in [3.63, 3.8) is 0 Å². The van der Waals surface area contributed by atoms with Gasteiger partial charge in [-0.2, -0.15) is 0 Å². The summed E-state index contributed by atoms with van der Waals surface area (Å²) in [4.78, 5) is 4.73. The van der Waals surface area contributed by atoms with E-state index in [1.54, 1.807) is 0 Å². The second-order valence-electron chi connectivity index (χ2n) is 1.99. The van der Waals surface area contributed by atoms with E-state index in [0.29, 0.717) is 0 Å². The average Bonchev–Trinajstić information content (AvgIpc) is 0.592. The predicted octanol–water partition coefficient (Wildman–Crippen LogP) is 4.33. The zero-order valence-electron chi connectivity index (χ0n) is 3.92. The minimum absolute atomic E-state index is 2.30. The van der Waals surface area contributed by atoms with Crippen LogP contribution in [0.25, 0.3) is 0 Å². The Kier molecular flexibility index (Phi) is 3.22. The second kappa shape index (κ2) is 2.10. The molecule has 0 saturated heterocycles. The molecule has 0 unspecified atom stereocenters. The van der Waals surface area contributed by atoms with E-state index >= 15 is 0 Å². The Morgan fingerprint density at radius 3 is 0.857 bits per heavy atom. The first-order chi connectivity index (χ1) is 2.45. The van der Waals surface area contributed by atoms with Gasteiger partial charge in [-0.25, -0.2) is 0 Å². The molecule has 0 bridgehead atoms. The molecular weight excluding hydrogens is 659 g/mol. The predicted molar refractivity (Wildman–Crippen MR) is 73.6 cm³/mol. The molecule has 0 atom stereocenters. The maximum atomic E-state index is 2.60. The Labute approximate surface area is 81.5 Å². The molecule has 48 valence electrons. The first-order valence-corrected chi connectivity index (χ1v) is 33.3. The standard InChI is InChI=1S/C2H6I4Te/c1-7(2,3,4,5)6/h1-2H3. The summed E-state index contributed by atoms with van der Waals surface area (Å²) >= 11 is 10.4. The average molecular weight is 665 g/mol. The third-order valence-electron chi connectivity index (χ3n) is 0. The van der Waals surface area contributed by atoms with Gasteiger partial charge in [-0.1, -0.05) is 0 Å². The number of rotatable bonds is 0. The summed E-state index contributed by atoms with van der Waals surface area (Å²) in [5.41, 5.74) is 0. The topological polar surface area (TPSA) is 0 Å². The Morgan fingerprint density at radius 1 is 0.857 bits per heavy atom. The van der Waals surface area contributed by atoms with E-state index in [2.05, 4.69) is 84.7 Å². The molecule has 0 saturated carbocycles. The van der Waals surface area contributed by atoms with Gasteiger partial charge >= 0.3 is 84.4 Å². The molecule has 0 amide bonds. The van der Waals surface area contributed by atoms with Crippen molar-refractivity contribution in [1.29, 1.82) is 0 Å². The van der Waals surface area contributed by atoms with Crippen molar-refractivity contribution in [3.05, 3.63) is 0 Å². The van der Waals surface area contributed by atoms with Gasteiger partial charge in [-0.15, -0.1) is 0 Å². The van der Waals surface area contributed by atoms with Gasteiger partial charge in [0.2, 0.25) is 0 Å². The minimum atomic E-state index is -2.30. The van der Waals surface area contributed by atoms with Gasteiger partial charge in [-0.05, 0) is 0 Å². The number of halogens is 4. The molecule has 0 spiro atoms. The van der Waals surface area contributed by atoms with Crippen molar-refractivity contribution in [1.82, 2.24) is 0 Å². The molecule has 0 radical (unpaired) electrons. The molecule has 0 heterocycles. The molecule has 0 aromatic rings. The van der Waals surface area contributed by atoms with E-state index in [0.717, 1.165) is 0 Å². The van der Waals surface area contributed by atoms with Gasteiger partial charge < -0.3 is 0 Å². The third-order valence-corrected chi connectivity index (χ3v) is 0. The Hall–Kier alpha value is 3.71. The summed E-state index contributed by atoms with van der Waals surface area (Å²) in [6.45, 7) is 0. The molecule has 0 aliphatic carbocycles. The van der Waals surface area contributed by atoms with Crippen LogP contribution in [0.15, 0.2) is 0 Å². The first kappa shape index (κ1) is 10.7. The molecule has 0 aliphatic heterocycles. The molecular formula is C2H6I4Te. The van der Waals surface area contributed by atoms with Crippen LogP contribution in [0, 0.1) is 0 Å². The van der Waals surface area contributed by atoms with Gasteiger partial charge in [-0.3, -0.25) is 0 Å². The van der Waals surface area contributed by atoms with Crippen molar-refractivity contribution < 1.29 is 0 Å². The molecule has 0 aromatic heterocycles. The van der Waals surface area contributed by atoms with Gasteiger partial charge in [0.1, 0.15) is 0 Å². The van der Waals surface area contributed by atoms with E-state index in [-0.39, 0.29) is 0 Å². The molecule has 5 heteroatoms. The quantitative estimate of drug-likeness (QED) is 0.267. The monoisotopic (exact) mass is 668 g/mol. The zero-order valence-corrected chi connectivity index (χ0v) is 14.9. The van der Waals surface area contributed by atoms with Gasteiger partial charge in [0.15, 0.2) is 0 Å². The van der Waals surface area contributed by atoms with Crippen LogP contribution in [-0.2, 0) is 0 Å². The summed E-state index contributed by atoms with van der Waals surface area (Å²) in [7, 11) is 0. The van der Waals surface area contributed by atoms with Crippen molar-refractivity contribution in [3.8, 4) is 0 Å². The van der Waals surface area contributed by atoms with E-state index in [1.165, 1.54) is 0 Å². The van der Waals surface area contributed by atoms with Crippen molar-refractivity contribution in [2.45, 2.75) is 9.94 Å². The zero-order chi connectivity index (χ0) is 6.41. The third kappa shape index (κ3) is 41.9. The molecule has 0 rings (SSSR count). The SMILES string of the molecule is C[Te](C)(I)(I)(I)I. The molecule has 0 nitrogen and oxygen atoms in total. The fourth-order valence-corrected chi connectivity index (χ4v) is 0. The fraction of sp³-hybridized carbons (Fsp3) is 1.00. The maximum absolute atomic E-state index is 2.60. The van der Waals surface area contributed by atoms with Crippen LogP contribution < -0.4 is 0 Å². The molecule has 0 aliphatic rings. The van der Waals surface area contributed by atoms with E-state index in [1.807, 2.05) is 0 Å². The Morgan fingerprint density at radius 2 is 0.857 bits per heavy atom. The number of hydrogen-bond donors (Lipinski definition) is 0. The van der Waals surface area contributed by atoms with Gasteiger partial charge in [0.25, 0.3) is 0 Å². The number of hydrogen-bond acceptors (Lipinski definition) is 0. The summed E-state index contributed by atoms with van der Waals surface area (Å²) in [5.74, 6) is 0. The summed E-state index contributed by atoms with van der Waals surface area (Å²) in [6, 6.07) is 0. The van der Waals surface area contributed by atoms with Gasteiger partial charge in [0.05, 0.1) is 0 Å². The normalized spacial score (nSPS) is 23.1. The summed E-state index contributed by atoms with van der Waals surface area (Å²) < 4.78 is -2.30. The van der Waals surface area contributed by atoms with Crippen molar-refractivity contribution in [2.24, 2.45) is 0 Å². The van der Waals surface area contributed by atoms with Crippen LogP contribution in [-0.4, -0.2) is -0.342 Å². The van der Waals surface area contributed by atoms with Crippen molar-refractivity contribution in [2.75, 3.05) is 0 Å². The fourth-order valence-electron chi connectivity index (χ4n) is 0. The first-order valence-electron chi connectivity index (χ1n) is 1.43. The van der Waals surface area contributed by atoms with E-state index < -0.39 is -0.342 Å². The van der Waals surface area contributed by atoms with Crippen LogP contribution in [0.2, 0.25) is 9.94 Å². The molecule has 0 aromatic carbocycles. The Balaban J connectivity index is 4.43. The van der Waals surface area contributed by atoms with Crippen LogP contribution in [0.5, 0.6) is 0 Å². The molecule has 7 heavy (non-hydrogen) atoms. The van der Waals surface area contributed by atoms with E-state index in [9.17, 15) is 0 Å². The molecule has 0 N–H and O–H groups in total. The van der Waals surface area contributed by atoms with Crippen LogP contribution in [0.1, 0.15) is 0 Å². The van der Waals surface area contributed by atoms with Crippen molar-refractivity contribution >= 4 is 74.4 Å². The summed E-state index contributed by atoms with van der Waals surface area (Å²) in [5, 5.41) is 0.